The molecule has 2 aliphatic rings. The maximum Gasteiger partial charge on any atom is 0.393 e. The number of anilines is 1. The van der Waals surface area contributed by atoms with Crippen LogP contribution in [0.4, 0.5) is 18.9 Å². The molecule has 0 radical (unpaired) electrons. The minimum Gasteiger partial charge on any atom is -0.349 e. The van der Waals surface area contributed by atoms with E-state index in [0.717, 1.165) is 12.8 Å². The molecule has 2 fully saturated rings. The molecular formula is C18H21F3N2O2. The van der Waals surface area contributed by atoms with E-state index in [1.54, 1.807) is 12.1 Å². The highest BCUT2D eigenvalue weighted by Crippen LogP contribution is 2.37. The number of rotatable bonds is 4. The molecule has 2 N–H and O–H groups in total. The molecule has 0 bridgehead atoms. The first-order valence-electron chi connectivity index (χ1n) is 8.63. The zero-order valence-corrected chi connectivity index (χ0v) is 13.7. The Bertz CT molecular complexity index is 656. The van der Waals surface area contributed by atoms with Crippen LogP contribution in [0.3, 0.4) is 0 Å². The number of amides is 2. The minimum absolute atomic E-state index is 0.0345. The van der Waals surface area contributed by atoms with E-state index in [2.05, 4.69) is 10.6 Å². The van der Waals surface area contributed by atoms with Crippen molar-refractivity contribution in [2.24, 2.45) is 11.8 Å². The third-order valence-corrected chi connectivity index (χ3v) is 4.84. The fourth-order valence-corrected chi connectivity index (χ4v) is 3.28. The summed E-state index contributed by atoms with van der Waals surface area (Å²) in [6, 6.07) is 5.41. The molecule has 0 heterocycles. The number of hydrogen-bond donors (Lipinski definition) is 2. The van der Waals surface area contributed by atoms with Crippen molar-refractivity contribution in [1.29, 1.82) is 0 Å². The molecule has 3 rings (SSSR count). The minimum atomic E-state index is -4.31. The van der Waals surface area contributed by atoms with Gasteiger partial charge in [-0.2, -0.15) is 13.2 Å². The van der Waals surface area contributed by atoms with Crippen LogP contribution in [0.1, 0.15) is 48.9 Å². The second-order valence-electron chi connectivity index (χ2n) is 6.86. The fraction of sp³-hybridized carbons (Fsp3) is 0.556. The summed E-state index contributed by atoms with van der Waals surface area (Å²) >= 11 is 0. The summed E-state index contributed by atoms with van der Waals surface area (Å²) in [5.74, 6) is -2.08. The Kier molecular flexibility index (Phi) is 5.01. The Morgan fingerprint density at radius 2 is 1.76 bits per heavy atom. The van der Waals surface area contributed by atoms with Crippen molar-refractivity contribution < 1.29 is 22.8 Å². The van der Waals surface area contributed by atoms with Gasteiger partial charge in [0.05, 0.1) is 5.92 Å². The Morgan fingerprint density at radius 3 is 2.44 bits per heavy atom. The van der Waals surface area contributed by atoms with Crippen molar-refractivity contribution >= 4 is 17.5 Å². The third-order valence-electron chi connectivity index (χ3n) is 4.84. The molecule has 25 heavy (non-hydrogen) atoms. The van der Waals surface area contributed by atoms with Gasteiger partial charge in [0.2, 0.25) is 5.91 Å². The van der Waals surface area contributed by atoms with E-state index in [9.17, 15) is 22.8 Å². The van der Waals surface area contributed by atoms with E-state index in [1.165, 1.54) is 12.1 Å². The molecule has 2 atom stereocenters. The monoisotopic (exact) mass is 354 g/mol. The van der Waals surface area contributed by atoms with Gasteiger partial charge in [-0.3, -0.25) is 9.59 Å². The van der Waals surface area contributed by atoms with Crippen LogP contribution in [-0.2, 0) is 4.79 Å². The first kappa shape index (κ1) is 17.8. The molecule has 136 valence electrons. The van der Waals surface area contributed by atoms with Gasteiger partial charge in [-0.25, -0.2) is 0 Å². The number of benzene rings is 1. The van der Waals surface area contributed by atoms with E-state index in [0.29, 0.717) is 24.9 Å². The third kappa shape index (κ3) is 4.52. The normalized spacial score (nSPS) is 23.8. The lowest BCUT2D eigenvalue weighted by atomic mass is 9.84. The number of hydrogen-bond acceptors (Lipinski definition) is 2. The molecule has 2 aliphatic carbocycles. The molecule has 1 aromatic carbocycles. The van der Waals surface area contributed by atoms with Gasteiger partial charge in [0.1, 0.15) is 0 Å². The molecule has 0 aliphatic heterocycles. The van der Waals surface area contributed by atoms with Crippen LogP contribution in [0.5, 0.6) is 0 Å². The van der Waals surface area contributed by atoms with Crippen LogP contribution in [0, 0.1) is 11.8 Å². The van der Waals surface area contributed by atoms with Gasteiger partial charge in [0, 0.05) is 23.2 Å². The Morgan fingerprint density at radius 1 is 1.04 bits per heavy atom. The summed E-state index contributed by atoms with van der Waals surface area (Å²) in [7, 11) is 0. The standard InChI is InChI=1S/C18H21F3N2O2/c19-18(20,21)14-6-1-2-7-15(14)23-17(25)12-4-3-5-13(10-12)22-16(24)11-8-9-11/h3-5,10-11,14-15H,1-2,6-9H2,(H,22,24)(H,23,25). The second-order valence-corrected chi connectivity index (χ2v) is 6.86. The molecule has 4 nitrogen and oxygen atoms in total. The first-order valence-corrected chi connectivity index (χ1v) is 8.63. The highest BCUT2D eigenvalue weighted by molar-refractivity contribution is 5.98. The van der Waals surface area contributed by atoms with Crippen molar-refractivity contribution in [3.8, 4) is 0 Å². The highest BCUT2D eigenvalue weighted by Gasteiger charge is 2.46. The van der Waals surface area contributed by atoms with Crippen molar-refractivity contribution in [3.63, 3.8) is 0 Å². The predicted molar refractivity (Wildman–Crippen MR) is 87.1 cm³/mol. The van der Waals surface area contributed by atoms with Crippen LogP contribution < -0.4 is 10.6 Å². The molecule has 2 amide bonds. The quantitative estimate of drug-likeness (QED) is 0.862. The molecular weight excluding hydrogens is 333 g/mol. The number of carbonyl (C=O) groups is 2. The average Bonchev–Trinajstić information content (AvgIpc) is 3.39. The van der Waals surface area contributed by atoms with Gasteiger partial charge >= 0.3 is 6.18 Å². The maximum atomic E-state index is 13.1. The lowest BCUT2D eigenvalue weighted by Gasteiger charge is -2.33. The number of alkyl halides is 3. The lowest BCUT2D eigenvalue weighted by molar-refractivity contribution is -0.187. The zero-order chi connectivity index (χ0) is 18.0. The van der Waals surface area contributed by atoms with E-state index in [4.69, 9.17) is 0 Å². The molecule has 0 aromatic heterocycles. The Labute approximate surface area is 144 Å². The summed E-state index contributed by atoms with van der Waals surface area (Å²) in [5, 5.41) is 5.27. The molecule has 2 saturated carbocycles. The molecule has 2 unspecified atom stereocenters. The van der Waals surface area contributed by atoms with Gasteiger partial charge < -0.3 is 10.6 Å². The average molecular weight is 354 g/mol. The zero-order valence-electron chi connectivity index (χ0n) is 13.7. The molecule has 7 heteroatoms. The Balaban J connectivity index is 1.66. The largest absolute Gasteiger partial charge is 0.393 e. The lowest BCUT2D eigenvalue weighted by Crippen LogP contribution is -2.47. The number of halogens is 3. The van der Waals surface area contributed by atoms with Gasteiger partial charge in [0.25, 0.3) is 5.91 Å². The van der Waals surface area contributed by atoms with E-state index in [-0.39, 0.29) is 23.8 Å². The SMILES string of the molecule is O=C(NC1CCCCC1C(F)(F)F)c1cccc(NC(=O)C2CC2)c1. The summed E-state index contributed by atoms with van der Waals surface area (Å²) < 4.78 is 39.4. The summed E-state index contributed by atoms with van der Waals surface area (Å²) in [4.78, 5) is 24.2. The van der Waals surface area contributed by atoms with Crippen molar-refractivity contribution in [2.45, 2.75) is 50.7 Å². The van der Waals surface area contributed by atoms with Crippen LogP contribution in [-0.4, -0.2) is 24.0 Å². The van der Waals surface area contributed by atoms with E-state index in [1.807, 2.05) is 0 Å². The Hall–Kier alpha value is -2.05. The number of nitrogens with one attached hydrogen (secondary N) is 2. The van der Waals surface area contributed by atoms with Gasteiger partial charge in [-0.1, -0.05) is 18.9 Å². The summed E-state index contributed by atoms with van der Waals surface area (Å²) in [6.07, 6.45) is -0.994. The predicted octanol–water partition coefficient (Wildman–Crippen LogP) is 3.89. The van der Waals surface area contributed by atoms with Crippen LogP contribution in [0.15, 0.2) is 24.3 Å². The smallest absolute Gasteiger partial charge is 0.349 e. The molecule has 1 aromatic rings. The van der Waals surface area contributed by atoms with Crippen LogP contribution in [0.25, 0.3) is 0 Å². The molecule has 0 spiro atoms. The number of carbonyl (C=O) groups excluding carboxylic acids is 2. The van der Waals surface area contributed by atoms with Crippen molar-refractivity contribution in [3.05, 3.63) is 29.8 Å². The maximum absolute atomic E-state index is 13.1. The van der Waals surface area contributed by atoms with Gasteiger partial charge in [-0.15, -0.1) is 0 Å². The molecule has 0 saturated heterocycles. The van der Waals surface area contributed by atoms with E-state index >= 15 is 0 Å². The van der Waals surface area contributed by atoms with Crippen molar-refractivity contribution in [2.75, 3.05) is 5.32 Å². The van der Waals surface area contributed by atoms with Crippen molar-refractivity contribution in [1.82, 2.24) is 5.32 Å². The first-order chi connectivity index (χ1) is 11.8. The highest BCUT2D eigenvalue weighted by atomic mass is 19.4. The van der Waals surface area contributed by atoms with Crippen LogP contribution >= 0.6 is 0 Å². The van der Waals surface area contributed by atoms with Gasteiger partial charge in [-0.05, 0) is 43.9 Å². The second kappa shape index (κ2) is 7.06. The summed E-state index contributed by atoms with van der Waals surface area (Å²) in [6.45, 7) is 0. The van der Waals surface area contributed by atoms with Crippen LogP contribution in [0.2, 0.25) is 0 Å². The van der Waals surface area contributed by atoms with E-state index < -0.39 is 24.0 Å². The topological polar surface area (TPSA) is 58.2 Å². The van der Waals surface area contributed by atoms with Gasteiger partial charge in [0.15, 0.2) is 0 Å². The fourth-order valence-electron chi connectivity index (χ4n) is 3.28. The summed E-state index contributed by atoms with van der Waals surface area (Å²) in [5.41, 5.74) is 0.737.